The highest BCUT2D eigenvalue weighted by Crippen LogP contribution is 2.21. The molecule has 0 atom stereocenters. The van der Waals surface area contributed by atoms with Crippen LogP contribution < -0.4 is 0 Å². The van der Waals surface area contributed by atoms with Crippen LogP contribution in [0.1, 0.15) is 23.6 Å². The molecule has 2 rings (SSSR count). The monoisotopic (exact) mass is 254 g/mol. The van der Waals surface area contributed by atoms with Crippen LogP contribution in [0.4, 0.5) is 0 Å². The highest BCUT2D eigenvalue weighted by atomic mass is 28.3. The molecule has 0 unspecified atom stereocenters. The molecule has 1 aromatic carbocycles. The maximum absolute atomic E-state index is 4.74. The number of fused-ring (bicyclic) bond motifs is 2. The standard InChI is InChI=1S/C10H12.C3H10O3Si/c1-2-9-5-3-8-4-6-10(9)7-8;1-4-7(5-2)6-3/h3,5,7H,2,4,6H2,1H3;7H,1-3H3. The lowest BCUT2D eigenvalue weighted by molar-refractivity contribution is 0.163. The summed E-state index contributed by atoms with van der Waals surface area (Å²) in [6, 6.07) is 6.88. The summed E-state index contributed by atoms with van der Waals surface area (Å²) in [6.45, 7) is 2.23. The van der Waals surface area contributed by atoms with Crippen molar-refractivity contribution in [3.05, 3.63) is 34.9 Å². The molecule has 0 heterocycles. The SMILES string of the molecule is CCc1ccc2cc1CC2.CO[SiH](OC)OC. The van der Waals surface area contributed by atoms with Crippen molar-refractivity contribution in [2.75, 3.05) is 21.3 Å². The van der Waals surface area contributed by atoms with Crippen molar-refractivity contribution >= 4 is 9.53 Å². The van der Waals surface area contributed by atoms with Gasteiger partial charge in [-0.25, -0.2) is 0 Å². The van der Waals surface area contributed by atoms with Crippen LogP contribution in [0.5, 0.6) is 0 Å². The van der Waals surface area contributed by atoms with Crippen molar-refractivity contribution in [3.8, 4) is 0 Å². The van der Waals surface area contributed by atoms with Crippen LogP contribution in [0.15, 0.2) is 18.2 Å². The van der Waals surface area contributed by atoms with Gasteiger partial charge >= 0.3 is 9.53 Å². The molecule has 17 heavy (non-hydrogen) atoms. The molecule has 4 heteroatoms. The maximum Gasteiger partial charge on any atom is 0.483 e. The first kappa shape index (κ1) is 14.4. The molecule has 0 amide bonds. The van der Waals surface area contributed by atoms with Crippen molar-refractivity contribution in [2.45, 2.75) is 26.2 Å². The quantitative estimate of drug-likeness (QED) is 0.769. The van der Waals surface area contributed by atoms with Crippen molar-refractivity contribution in [3.63, 3.8) is 0 Å². The molecule has 1 aliphatic carbocycles. The van der Waals surface area contributed by atoms with Crippen molar-refractivity contribution in [2.24, 2.45) is 0 Å². The fourth-order valence-electron chi connectivity index (χ4n) is 1.98. The summed E-state index contributed by atoms with van der Waals surface area (Å²) in [7, 11) is 3.05. The van der Waals surface area contributed by atoms with E-state index in [1.807, 2.05) is 0 Å². The Balaban J connectivity index is 0.000000185. The lowest BCUT2D eigenvalue weighted by Gasteiger charge is -2.05. The lowest BCUT2D eigenvalue weighted by Crippen LogP contribution is -2.21. The third-order valence-corrected chi connectivity index (χ3v) is 4.07. The summed E-state index contributed by atoms with van der Waals surface area (Å²) in [6.07, 6.45) is 3.75. The zero-order chi connectivity index (χ0) is 12.7. The average Bonchev–Trinajstić information content (AvgIpc) is 2.75. The molecule has 0 N–H and O–H groups in total. The summed E-state index contributed by atoms with van der Waals surface area (Å²) in [5.41, 5.74) is 4.65. The van der Waals surface area contributed by atoms with Gasteiger partial charge in [-0.2, -0.15) is 0 Å². The van der Waals surface area contributed by atoms with E-state index in [-0.39, 0.29) is 0 Å². The van der Waals surface area contributed by atoms with Crippen LogP contribution in [0.2, 0.25) is 0 Å². The highest BCUT2D eigenvalue weighted by Gasteiger charge is 2.08. The van der Waals surface area contributed by atoms with Gasteiger partial charge in [-0.3, -0.25) is 0 Å². The average molecular weight is 254 g/mol. The second-order valence-corrected chi connectivity index (χ2v) is 5.94. The van der Waals surface area contributed by atoms with Crippen LogP contribution in [0, 0.1) is 0 Å². The van der Waals surface area contributed by atoms with Crippen molar-refractivity contribution < 1.29 is 13.3 Å². The van der Waals surface area contributed by atoms with E-state index in [2.05, 4.69) is 25.1 Å². The minimum absolute atomic E-state index is 1.19. The Morgan fingerprint density at radius 2 is 1.71 bits per heavy atom. The Hall–Kier alpha value is -0.683. The second-order valence-electron chi connectivity index (χ2n) is 3.95. The Morgan fingerprint density at radius 1 is 1.06 bits per heavy atom. The fraction of sp³-hybridized carbons (Fsp3) is 0.538. The number of hydrogen-bond acceptors (Lipinski definition) is 3. The van der Waals surface area contributed by atoms with E-state index < -0.39 is 9.53 Å². The summed E-state index contributed by atoms with van der Waals surface area (Å²) in [5.74, 6) is 0. The van der Waals surface area contributed by atoms with E-state index >= 15 is 0 Å². The molecule has 0 aromatic heterocycles. The van der Waals surface area contributed by atoms with Crippen LogP contribution in [0.25, 0.3) is 0 Å². The number of rotatable bonds is 4. The molecule has 0 fully saturated rings. The fourth-order valence-corrected chi connectivity index (χ4v) is 2.56. The van der Waals surface area contributed by atoms with E-state index in [1.165, 1.54) is 24.8 Å². The van der Waals surface area contributed by atoms with Crippen LogP contribution in [-0.4, -0.2) is 30.9 Å². The van der Waals surface area contributed by atoms with Gasteiger partial charge in [0.05, 0.1) is 0 Å². The number of hydrogen-bond donors (Lipinski definition) is 0. The number of benzene rings is 1. The van der Waals surface area contributed by atoms with Gasteiger partial charge in [-0.05, 0) is 36.0 Å². The zero-order valence-corrected chi connectivity index (χ0v) is 12.3. The van der Waals surface area contributed by atoms with Gasteiger partial charge in [0.25, 0.3) is 0 Å². The van der Waals surface area contributed by atoms with Crippen molar-refractivity contribution in [1.82, 2.24) is 0 Å². The minimum atomic E-state index is -1.67. The molecule has 96 valence electrons. The number of aryl methyl sites for hydroxylation is 3. The molecule has 1 aromatic rings. The topological polar surface area (TPSA) is 27.7 Å². The first-order chi connectivity index (χ1) is 8.24. The van der Waals surface area contributed by atoms with Gasteiger partial charge in [0, 0.05) is 21.3 Å². The van der Waals surface area contributed by atoms with E-state index in [0.29, 0.717) is 0 Å². The normalized spacial score (nSPS) is 12.5. The maximum atomic E-state index is 4.74. The Kier molecular flexibility index (Phi) is 6.43. The Bertz CT molecular complexity index is 332. The van der Waals surface area contributed by atoms with E-state index in [1.54, 1.807) is 32.5 Å². The molecule has 0 saturated heterocycles. The van der Waals surface area contributed by atoms with Gasteiger partial charge < -0.3 is 13.3 Å². The van der Waals surface area contributed by atoms with E-state index in [0.717, 1.165) is 0 Å². The Morgan fingerprint density at radius 3 is 2.18 bits per heavy atom. The lowest BCUT2D eigenvalue weighted by atomic mass is 10.1. The molecular weight excluding hydrogens is 232 g/mol. The van der Waals surface area contributed by atoms with E-state index in [9.17, 15) is 0 Å². The summed E-state index contributed by atoms with van der Waals surface area (Å²) >= 11 is 0. The summed E-state index contributed by atoms with van der Waals surface area (Å²) < 4.78 is 14.2. The van der Waals surface area contributed by atoms with Gasteiger partial charge in [0.2, 0.25) is 0 Å². The molecule has 0 aliphatic heterocycles. The molecule has 0 spiro atoms. The van der Waals surface area contributed by atoms with Gasteiger partial charge in [-0.15, -0.1) is 0 Å². The zero-order valence-electron chi connectivity index (χ0n) is 11.2. The van der Waals surface area contributed by atoms with Crippen LogP contribution in [0.3, 0.4) is 0 Å². The predicted octanol–water partition coefficient (Wildman–Crippen LogP) is 1.99. The second kappa shape index (κ2) is 7.61. The summed E-state index contributed by atoms with van der Waals surface area (Å²) in [5, 5.41) is 0. The predicted molar refractivity (Wildman–Crippen MR) is 71.4 cm³/mol. The Labute approximate surface area is 106 Å². The minimum Gasteiger partial charge on any atom is -0.379 e. The van der Waals surface area contributed by atoms with Gasteiger partial charge in [0.1, 0.15) is 0 Å². The van der Waals surface area contributed by atoms with Crippen LogP contribution >= 0.6 is 0 Å². The first-order valence-electron chi connectivity index (χ1n) is 5.94. The largest absolute Gasteiger partial charge is 0.483 e. The smallest absolute Gasteiger partial charge is 0.379 e. The molecule has 3 nitrogen and oxygen atoms in total. The first-order valence-corrected chi connectivity index (χ1v) is 7.35. The molecule has 0 radical (unpaired) electrons. The van der Waals surface area contributed by atoms with Crippen molar-refractivity contribution in [1.29, 1.82) is 0 Å². The third-order valence-electron chi connectivity index (χ3n) is 2.91. The molecule has 2 bridgehead atoms. The molecule has 1 aliphatic rings. The van der Waals surface area contributed by atoms with Gasteiger partial charge in [-0.1, -0.05) is 25.1 Å². The van der Waals surface area contributed by atoms with Gasteiger partial charge in [0.15, 0.2) is 0 Å². The molecular formula is C13H22O3Si. The molecule has 0 saturated carbocycles. The van der Waals surface area contributed by atoms with Crippen LogP contribution in [-0.2, 0) is 32.5 Å². The summed E-state index contributed by atoms with van der Waals surface area (Å²) in [4.78, 5) is 0. The highest BCUT2D eigenvalue weighted by molar-refractivity contribution is 6.36. The third kappa shape index (κ3) is 4.24. The van der Waals surface area contributed by atoms with E-state index in [4.69, 9.17) is 13.3 Å².